The van der Waals surface area contributed by atoms with Crippen LogP contribution in [0.25, 0.3) is 0 Å². The molecule has 5 nitrogen and oxygen atoms in total. The Balaban J connectivity index is 1.55. The summed E-state index contributed by atoms with van der Waals surface area (Å²) in [6.45, 7) is 5.84. The molecule has 0 aliphatic carbocycles. The average molecular weight is 352 g/mol. The van der Waals surface area contributed by atoms with Crippen LogP contribution in [-0.4, -0.2) is 50.4 Å². The van der Waals surface area contributed by atoms with Gasteiger partial charge in [0, 0.05) is 51.4 Å². The van der Waals surface area contributed by atoms with Gasteiger partial charge in [-0.3, -0.25) is 9.69 Å². The summed E-state index contributed by atoms with van der Waals surface area (Å²) >= 11 is 0. The van der Waals surface area contributed by atoms with Crippen molar-refractivity contribution in [1.29, 1.82) is 0 Å². The van der Waals surface area contributed by atoms with E-state index in [0.717, 1.165) is 44.8 Å². The summed E-state index contributed by atoms with van der Waals surface area (Å²) in [6.07, 6.45) is 6.59. The smallest absolute Gasteiger partial charge is 0.223 e. The Hall–Kier alpha value is -2.14. The molecule has 3 heterocycles. The fourth-order valence-corrected chi connectivity index (χ4v) is 4.98. The number of carbonyl (C=O) groups is 1. The molecule has 4 rings (SSSR count). The zero-order valence-electron chi connectivity index (χ0n) is 15.8. The number of benzene rings is 1. The molecule has 0 unspecified atom stereocenters. The van der Waals surface area contributed by atoms with E-state index in [-0.39, 0.29) is 5.54 Å². The lowest BCUT2D eigenvalue weighted by Gasteiger charge is -2.47. The third kappa shape index (κ3) is 2.84. The number of hydrogen-bond donors (Lipinski definition) is 0. The van der Waals surface area contributed by atoms with Crippen molar-refractivity contribution in [3.63, 3.8) is 0 Å². The monoisotopic (exact) mass is 352 g/mol. The number of carbonyl (C=O) groups excluding carboxylic acids is 1. The van der Waals surface area contributed by atoms with Crippen molar-refractivity contribution in [2.45, 2.75) is 44.2 Å². The first kappa shape index (κ1) is 17.3. The quantitative estimate of drug-likeness (QED) is 0.850. The zero-order valence-corrected chi connectivity index (χ0v) is 15.8. The normalized spacial score (nSPS) is 23.1. The van der Waals surface area contributed by atoms with Gasteiger partial charge in [-0.15, -0.1) is 0 Å². The van der Waals surface area contributed by atoms with E-state index in [2.05, 4.69) is 56.6 Å². The summed E-state index contributed by atoms with van der Waals surface area (Å²) in [5, 5.41) is 0. The predicted molar refractivity (Wildman–Crippen MR) is 102 cm³/mol. The van der Waals surface area contributed by atoms with Crippen LogP contribution < -0.4 is 0 Å². The van der Waals surface area contributed by atoms with Crippen molar-refractivity contribution in [2.75, 3.05) is 19.6 Å². The van der Waals surface area contributed by atoms with E-state index in [4.69, 9.17) is 0 Å². The molecule has 2 fully saturated rings. The molecule has 5 heteroatoms. The average Bonchev–Trinajstić information content (AvgIpc) is 3.18. The Bertz CT molecular complexity index is 761. The first-order chi connectivity index (χ1) is 12.6. The van der Waals surface area contributed by atoms with E-state index in [1.165, 1.54) is 5.56 Å². The molecule has 2 saturated heterocycles. The molecule has 1 aromatic heterocycles. The molecule has 2 aromatic rings. The van der Waals surface area contributed by atoms with Gasteiger partial charge in [0.1, 0.15) is 5.82 Å². The Morgan fingerprint density at radius 1 is 1.19 bits per heavy atom. The number of imidazole rings is 1. The molecule has 0 N–H and O–H groups in total. The maximum absolute atomic E-state index is 12.7. The second kappa shape index (κ2) is 6.88. The lowest BCUT2D eigenvalue weighted by atomic mass is 9.73. The highest BCUT2D eigenvalue weighted by Crippen LogP contribution is 2.48. The number of hydrogen-bond acceptors (Lipinski definition) is 3. The molecule has 0 radical (unpaired) electrons. The lowest BCUT2D eigenvalue weighted by molar-refractivity contribution is -0.132. The fraction of sp³-hybridized carbons (Fsp3) is 0.524. The SMILES string of the molecule is CCN1C(=O)C[C@H](c2ccccc2)C12CCN(Cc1nccn1C)CC2. The van der Waals surface area contributed by atoms with Crippen LogP contribution in [0.4, 0.5) is 0 Å². The van der Waals surface area contributed by atoms with E-state index in [1.54, 1.807) is 0 Å². The van der Waals surface area contributed by atoms with Crippen molar-refractivity contribution in [1.82, 2.24) is 19.4 Å². The Kier molecular flexibility index (Phi) is 4.57. The van der Waals surface area contributed by atoms with Crippen molar-refractivity contribution in [2.24, 2.45) is 7.05 Å². The van der Waals surface area contributed by atoms with Crippen LogP contribution in [0.15, 0.2) is 42.7 Å². The minimum Gasteiger partial charge on any atom is -0.337 e. The summed E-state index contributed by atoms with van der Waals surface area (Å²) < 4.78 is 2.09. The summed E-state index contributed by atoms with van der Waals surface area (Å²) in [7, 11) is 2.05. The van der Waals surface area contributed by atoms with Gasteiger partial charge in [-0.1, -0.05) is 30.3 Å². The van der Waals surface area contributed by atoms with Crippen LogP contribution in [0.1, 0.15) is 43.5 Å². The molecule has 26 heavy (non-hydrogen) atoms. The van der Waals surface area contributed by atoms with Gasteiger partial charge in [-0.2, -0.15) is 0 Å². The minimum absolute atomic E-state index is 0.0225. The van der Waals surface area contributed by atoms with Gasteiger partial charge in [-0.05, 0) is 25.3 Å². The van der Waals surface area contributed by atoms with Crippen LogP contribution in [0.2, 0.25) is 0 Å². The van der Waals surface area contributed by atoms with Crippen molar-refractivity contribution in [3.05, 3.63) is 54.1 Å². The Labute approximate surface area is 155 Å². The maximum Gasteiger partial charge on any atom is 0.223 e. The summed E-state index contributed by atoms with van der Waals surface area (Å²) in [5.41, 5.74) is 1.29. The van der Waals surface area contributed by atoms with Gasteiger partial charge in [0.25, 0.3) is 0 Å². The standard InChI is InChI=1S/C21H28N4O/c1-3-25-20(26)15-18(17-7-5-4-6-8-17)21(25)9-12-24(13-10-21)16-19-22-11-14-23(19)2/h4-8,11,14,18H,3,9-10,12-13,15-16H2,1-2H3/t18-/m1/s1. The first-order valence-corrected chi connectivity index (χ1v) is 9.68. The maximum atomic E-state index is 12.7. The molecule has 1 atom stereocenters. The van der Waals surface area contributed by atoms with Crippen molar-refractivity contribution in [3.8, 4) is 0 Å². The number of aryl methyl sites for hydroxylation is 1. The van der Waals surface area contributed by atoms with E-state index in [0.29, 0.717) is 18.2 Å². The van der Waals surface area contributed by atoms with E-state index in [9.17, 15) is 4.79 Å². The van der Waals surface area contributed by atoms with Crippen LogP contribution in [0.3, 0.4) is 0 Å². The second-order valence-corrected chi connectivity index (χ2v) is 7.64. The molecule has 0 saturated carbocycles. The Morgan fingerprint density at radius 2 is 1.92 bits per heavy atom. The number of piperidine rings is 1. The van der Waals surface area contributed by atoms with Gasteiger partial charge in [0.15, 0.2) is 0 Å². The molecule has 1 aromatic carbocycles. The lowest BCUT2D eigenvalue weighted by Crippen LogP contribution is -2.55. The molecule has 1 spiro atoms. The number of rotatable bonds is 4. The van der Waals surface area contributed by atoms with Gasteiger partial charge < -0.3 is 9.47 Å². The van der Waals surface area contributed by atoms with E-state index < -0.39 is 0 Å². The largest absolute Gasteiger partial charge is 0.337 e. The van der Waals surface area contributed by atoms with Crippen LogP contribution in [0, 0.1) is 0 Å². The third-order valence-electron chi connectivity index (χ3n) is 6.39. The molecule has 2 aliphatic rings. The van der Waals surface area contributed by atoms with Gasteiger partial charge >= 0.3 is 0 Å². The number of likely N-dealkylation sites (tertiary alicyclic amines) is 2. The fourth-order valence-electron chi connectivity index (χ4n) is 4.98. The van der Waals surface area contributed by atoms with Gasteiger partial charge in [0.2, 0.25) is 5.91 Å². The van der Waals surface area contributed by atoms with Crippen LogP contribution in [-0.2, 0) is 18.4 Å². The summed E-state index contributed by atoms with van der Waals surface area (Å²) in [4.78, 5) is 21.9. The summed E-state index contributed by atoms with van der Waals surface area (Å²) in [5.74, 6) is 1.74. The molecule has 1 amide bonds. The topological polar surface area (TPSA) is 41.4 Å². The van der Waals surface area contributed by atoms with E-state index in [1.807, 2.05) is 19.4 Å². The predicted octanol–water partition coefficient (Wildman–Crippen LogP) is 2.79. The van der Waals surface area contributed by atoms with Gasteiger partial charge in [-0.25, -0.2) is 4.98 Å². The highest BCUT2D eigenvalue weighted by Gasteiger charge is 2.53. The van der Waals surface area contributed by atoms with Crippen molar-refractivity contribution < 1.29 is 4.79 Å². The Morgan fingerprint density at radius 3 is 2.54 bits per heavy atom. The number of amides is 1. The highest BCUT2D eigenvalue weighted by atomic mass is 16.2. The number of aromatic nitrogens is 2. The molecular formula is C21H28N4O. The molecule has 138 valence electrons. The van der Waals surface area contributed by atoms with Crippen LogP contribution >= 0.6 is 0 Å². The second-order valence-electron chi connectivity index (χ2n) is 7.64. The highest BCUT2D eigenvalue weighted by molar-refractivity contribution is 5.81. The van der Waals surface area contributed by atoms with Crippen molar-refractivity contribution >= 4 is 5.91 Å². The minimum atomic E-state index is -0.0225. The molecular weight excluding hydrogens is 324 g/mol. The van der Waals surface area contributed by atoms with E-state index >= 15 is 0 Å². The molecule has 0 bridgehead atoms. The van der Waals surface area contributed by atoms with Gasteiger partial charge in [0.05, 0.1) is 12.1 Å². The third-order valence-corrected chi connectivity index (χ3v) is 6.39. The number of likely N-dealkylation sites (N-methyl/N-ethyl adjacent to an activating group) is 1. The zero-order chi connectivity index (χ0) is 18.1. The number of nitrogens with zero attached hydrogens (tertiary/aromatic N) is 4. The first-order valence-electron chi connectivity index (χ1n) is 9.68. The molecule has 2 aliphatic heterocycles. The van der Waals surface area contributed by atoms with Crippen LogP contribution in [0.5, 0.6) is 0 Å². The summed E-state index contributed by atoms with van der Waals surface area (Å²) in [6, 6.07) is 10.6.